The maximum atomic E-state index is 13.5. The Morgan fingerprint density at radius 1 is 1.09 bits per heavy atom. The highest BCUT2D eigenvalue weighted by Crippen LogP contribution is 2.26. The normalized spacial score (nSPS) is 15.9. The molecule has 0 radical (unpaired) electrons. The number of rotatable bonds is 10. The quantitative estimate of drug-likeness (QED) is 0.245. The van der Waals surface area contributed by atoms with Gasteiger partial charge in [0.25, 0.3) is 11.8 Å². The first kappa shape index (κ1) is 32.2. The number of aromatic nitrogens is 2. The van der Waals surface area contributed by atoms with E-state index in [-0.39, 0.29) is 50.9 Å². The van der Waals surface area contributed by atoms with Gasteiger partial charge in [-0.2, -0.15) is 9.40 Å². The number of hydrogen-bond donors (Lipinski definition) is 4. The van der Waals surface area contributed by atoms with Gasteiger partial charge >= 0.3 is 0 Å². The maximum absolute atomic E-state index is 13.5. The molecule has 4 N–H and O–H groups in total. The van der Waals surface area contributed by atoms with Gasteiger partial charge in [0.15, 0.2) is 5.69 Å². The number of likely N-dealkylation sites (N-methyl/N-ethyl adjacent to an activating group) is 1. The summed E-state index contributed by atoms with van der Waals surface area (Å²) < 4.78 is 28.3. The van der Waals surface area contributed by atoms with E-state index >= 15 is 0 Å². The van der Waals surface area contributed by atoms with Crippen molar-refractivity contribution in [3.63, 3.8) is 0 Å². The number of nitrogens with one attached hydrogen (secondary N) is 4. The summed E-state index contributed by atoms with van der Waals surface area (Å²) in [5.41, 5.74) is 0.415. The van der Waals surface area contributed by atoms with Gasteiger partial charge in [-0.3, -0.25) is 19.5 Å². The number of nitrogens with zero attached hydrogens (tertiary/aromatic N) is 3. The second kappa shape index (κ2) is 14.1. The fraction of sp³-hybridized carbons (Fsp3) is 0.286. The van der Waals surface area contributed by atoms with Crippen LogP contribution in [0, 0.1) is 0 Å². The lowest BCUT2D eigenvalue weighted by Gasteiger charge is -2.32. The van der Waals surface area contributed by atoms with Crippen LogP contribution >= 0.6 is 23.2 Å². The third-order valence-electron chi connectivity index (χ3n) is 6.49. The van der Waals surface area contributed by atoms with Crippen molar-refractivity contribution in [2.45, 2.75) is 23.8 Å². The van der Waals surface area contributed by atoms with Crippen LogP contribution in [0.15, 0.2) is 65.7 Å². The number of piperidine rings is 1. The van der Waals surface area contributed by atoms with Gasteiger partial charge in [-0.15, -0.1) is 0 Å². The Morgan fingerprint density at radius 2 is 1.81 bits per heavy atom. The van der Waals surface area contributed by atoms with Crippen LogP contribution in [0.1, 0.15) is 33.7 Å². The molecular weight excluding hydrogens is 617 g/mol. The molecule has 0 bridgehead atoms. The van der Waals surface area contributed by atoms with Gasteiger partial charge in [0.1, 0.15) is 0 Å². The highest BCUT2D eigenvalue weighted by molar-refractivity contribution is 7.89. The van der Waals surface area contributed by atoms with E-state index in [4.69, 9.17) is 23.2 Å². The SMILES string of the molecule is CN(C)C/C=C/C(=O)Nc1cccc(S(=O)(=O)N2CCC[C@@H](NC(=O)c3n[nH]cc3NC(=O)c3c(Cl)cccc3Cl)C2)c1. The zero-order valence-electron chi connectivity index (χ0n) is 23.4. The van der Waals surface area contributed by atoms with Crippen LogP contribution in [0.3, 0.4) is 0 Å². The van der Waals surface area contributed by atoms with E-state index in [9.17, 15) is 22.8 Å². The lowest BCUT2D eigenvalue weighted by molar-refractivity contribution is -0.111. The summed E-state index contributed by atoms with van der Waals surface area (Å²) in [5, 5.41) is 14.9. The van der Waals surface area contributed by atoms with Crippen LogP contribution in [0.4, 0.5) is 11.4 Å². The van der Waals surface area contributed by atoms with E-state index in [0.717, 1.165) is 0 Å². The molecule has 0 unspecified atom stereocenters. The topological polar surface area (TPSA) is 157 Å². The third kappa shape index (κ3) is 8.21. The number of hydrogen-bond acceptors (Lipinski definition) is 7. The predicted octanol–water partition coefficient (Wildman–Crippen LogP) is 3.61. The van der Waals surface area contributed by atoms with Crippen molar-refractivity contribution in [1.82, 2.24) is 24.7 Å². The van der Waals surface area contributed by atoms with E-state index in [1.807, 2.05) is 19.0 Å². The molecule has 15 heteroatoms. The zero-order valence-corrected chi connectivity index (χ0v) is 25.8. The van der Waals surface area contributed by atoms with Crippen LogP contribution < -0.4 is 16.0 Å². The minimum absolute atomic E-state index is 0.0186. The molecule has 1 aromatic heterocycles. The fourth-order valence-electron chi connectivity index (χ4n) is 4.43. The van der Waals surface area contributed by atoms with Crippen molar-refractivity contribution in [2.75, 3.05) is 44.4 Å². The summed E-state index contributed by atoms with van der Waals surface area (Å²) in [6.07, 6.45) is 5.48. The van der Waals surface area contributed by atoms with E-state index in [1.54, 1.807) is 24.3 Å². The van der Waals surface area contributed by atoms with Crippen LogP contribution in [0.25, 0.3) is 0 Å². The monoisotopic (exact) mass is 647 g/mol. The summed E-state index contributed by atoms with van der Waals surface area (Å²) in [6, 6.07) is 10.1. The molecule has 1 saturated heterocycles. The molecule has 1 aliphatic rings. The highest BCUT2D eigenvalue weighted by Gasteiger charge is 2.32. The number of amides is 3. The largest absolute Gasteiger partial charge is 0.347 e. The van der Waals surface area contributed by atoms with E-state index in [2.05, 4.69) is 26.1 Å². The molecule has 12 nitrogen and oxygen atoms in total. The van der Waals surface area contributed by atoms with Crippen molar-refractivity contribution in [3.8, 4) is 0 Å². The van der Waals surface area contributed by atoms with Gasteiger partial charge in [0.05, 0.1) is 26.2 Å². The smallest absolute Gasteiger partial charge is 0.274 e. The van der Waals surface area contributed by atoms with Crippen molar-refractivity contribution >= 4 is 62.3 Å². The average Bonchev–Trinajstić information content (AvgIpc) is 3.41. The van der Waals surface area contributed by atoms with E-state index in [1.165, 1.54) is 40.8 Å². The average molecular weight is 649 g/mol. The first-order valence-electron chi connectivity index (χ1n) is 13.3. The Morgan fingerprint density at radius 3 is 2.53 bits per heavy atom. The molecule has 2 aromatic carbocycles. The first-order chi connectivity index (χ1) is 20.5. The Hall–Kier alpha value is -3.75. The lowest BCUT2D eigenvalue weighted by Crippen LogP contribution is -2.49. The number of sulfonamides is 1. The predicted molar refractivity (Wildman–Crippen MR) is 165 cm³/mol. The number of benzene rings is 2. The molecule has 43 heavy (non-hydrogen) atoms. The molecule has 0 aliphatic carbocycles. The molecule has 2 heterocycles. The van der Waals surface area contributed by atoms with Crippen molar-refractivity contribution in [1.29, 1.82) is 0 Å². The minimum Gasteiger partial charge on any atom is -0.347 e. The molecule has 1 fully saturated rings. The molecule has 1 atom stereocenters. The number of H-pyrrole nitrogens is 1. The summed E-state index contributed by atoms with van der Waals surface area (Å²) in [7, 11) is -0.179. The Balaban J connectivity index is 1.41. The first-order valence-corrected chi connectivity index (χ1v) is 15.5. The second-order valence-electron chi connectivity index (χ2n) is 10.1. The fourth-order valence-corrected chi connectivity index (χ4v) is 6.57. The standard InChI is InChI=1S/C28H31Cl2N7O5S/c1-36(2)13-6-12-24(38)32-18-7-3-9-20(15-18)43(41,42)37-14-5-8-19(17-37)33-28(40)26-23(16-31-35-26)34-27(39)25-21(29)10-4-11-22(25)30/h3-4,6-7,9-12,15-16,19H,5,8,13-14,17H2,1-2H3,(H,31,35)(H,32,38)(H,33,40)(H,34,39)/b12-6+/t19-/m1/s1. The summed E-state index contributed by atoms with van der Waals surface area (Å²) >= 11 is 12.2. The zero-order chi connectivity index (χ0) is 31.1. The minimum atomic E-state index is -3.93. The van der Waals surface area contributed by atoms with Crippen molar-refractivity contribution in [3.05, 3.63) is 82.1 Å². The Labute approximate surface area is 259 Å². The Kier molecular flexibility index (Phi) is 10.6. The number of halogens is 2. The molecular formula is C28H31Cl2N7O5S. The second-order valence-corrected chi connectivity index (χ2v) is 12.8. The highest BCUT2D eigenvalue weighted by atomic mass is 35.5. The number of carbonyl (C=O) groups is 3. The summed E-state index contributed by atoms with van der Waals surface area (Å²) in [5.74, 6) is -1.59. The van der Waals surface area contributed by atoms with Crippen molar-refractivity contribution in [2.24, 2.45) is 0 Å². The number of carbonyl (C=O) groups excluding carboxylic acids is 3. The molecule has 4 rings (SSSR count). The van der Waals surface area contributed by atoms with Crippen LogP contribution in [0.2, 0.25) is 10.0 Å². The molecule has 0 saturated carbocycles. The number of aromatic amines is 1. The van der Waals surface area contributed by atoms with E-state index in [0.29, 0.717) is 25.1 Å². The Bertz CT molecular complexity index is 1620. The molecule has 3 aromatic rings. The molecule has 3 amide bonds. The third-order valence-corrected chi connectivity index (χ3v) is 8.98. The van der Waals surface area contributed by atoms with Gasteiger partial charge in [-0.25, -0.2) is 8.42 Å². The van der Waals surface area contributed by atoms with Crippen LogP contribution in [-0.2, 0) is 14.8 Å². The molecule has 1 aliphatic heterocycles. The van der Waals surface area contributed by atoms with Gasteiger partial charge in [-0.1, -0.05) is 41.4 Å². The van der Waals surface area contributed by atoms with Crippen LogP contribution in [0.5, 0.6) is 0 Å². The van der Waals surface area contributed by atoms with E-state index < -0.39 is 27.9 Å². The molecule has 0 spiro atoms. The van der Waals surface area contributed by atoms with Crippen LogP contribution in [-0.4, -0.2) is 85.3 Å². The van der Waals surface area contributed by atoms with Gasteiger partial charge in [-0.05, 0) is 57.3 Å². The summed E-state index contributed by atoms with van der Waals surface area (Å²) in [6.45, 7) is 0.877. The van der Waals surface area contributed by atoms with Crippen molar-refractivity contribution < 1.29 is 22.8 Å². The maximum Gasteiger partial charge on any atom is 0.274 e. The van der Waals surface area contributed by atoms with Gasteiger partial charge in [0.2, 0.25) is 15.9 Å². The number of anilines is 2. The molecule has 228 valence electrons. The van der Waals surface area contributed by atoms with Gasteiger partial charge in [0, 0.05) is 43.6 Å². The lowest BCUT2D eigenvalue weighted by atomic mass is 10.1. The summed E-state index contributed by atoms with van der Waals surface area (Å²) in [4.78, 5) is 40.1. The van der Waals surface area contributed by atoms with Gasteiger partial charge < -0.3 is 20.9 Å².